The van der Waals surface area contributed by atoms with Gasteiger partial charge in [0, 0.05) is 26.7 Å². The molecule has 25 heavy (non-hydrogen) atoms. The molecule has 2 N–H and O–H groups in total. The average molecular weight is 349 g/mol. The molecule has 7 nitrogen and oxygen atoms in total. The number of carbonyl (C=O) groups excluding carboxylic acids is 1. The summed E-state index contributed by atoms with van der Waals surface area (Å²) in [6.07, 6.45) is 2.13. The summed E-state index contributed by atoms with van der Waals surface area (Å²) in [6, 6.07) is 5.41. The van der Waals surface area contributed by atoms with Crippen molar-refractivity contribution >= 4 is 11.9 Å². The highest BCUT2D eigenvalue weighted by Gasteiger charge is 2.29. The normalized spacial score (nSPS) is 20.2. The third-order valence-electron chi connectivity index (χ3n) is 4.28. The maximum absolute atomic E-state index is 11.9. The molecule has 7 heteroatoms. The van der Waals surface area contributed by atoms with Crippen LogP contribution < -0.4 is 15.4 Å². The first kappa shape index (κ1) is 19.1. The predicted molar refractivity (Wildman–Crippen MR) is 96.1 cm³/mol. The van der Waals surface area contributed by atoms with Crippen LogP contribution in [0.2, 0.25) is 0 Å². The van der Waals surface area contributed by atoms with Gasteiger partial charge in [0.25, 0.3) is 0 Å². The molecular formula is C18H27N3O4. The van der Waals surface area contributed by atoms with E-state index in [0.29, 0.717) is 30.4 Å². The van der Waals surface area contributed by atoms with Crippen LogP contribution in [0.25, 0.3) is 0 Å². The second-order valence-corrected chi connectivity index (χ2v) is 6.21. The van der Waals surface area contributed by atoms with E-state index in [1.165, 1.54) is 14.2 Å². The summed E-state index contributed by atoms with van der Waals surface area (Å²) >= 11 is 0. The van der Waals surface area contributed by atoms with E-state index < -0.39 is 5.97 Å². The molecule has 1 atom stereocenters. The number of nitrogens with zero attached hydrogens (tertiary/aromatic N) is 1. The Morgan fingerprint density at radius 1 is 1.36 bits per heavy atom. The second kappa shape index (κ2) is 8.71. The van der Waals surface area contributed by atoms with E-state index in [1.807, 2.05) is 6.07 Å². The number of hydrogen-bond acceptors (Lipinski definition) is 5. The van der Waals surface area contributed by atoms with Crippen molar-refractivity contribution in [3.05, 3.63) is 29.3 Å². The number of rotatable bonds is 6. The van der Waals surface area contributed by atoms with Crippen LogP contribution in [0.15, 0.2) is 23.2 Å². The molecule has 1 heterocycles. The largest absolute Gasteiger partial charge is 0.496 e. The van der Waals surface area contributed by atoms with E-state index in [4.69, 9.17) is 14.2 Å². The lowest BCUT2D eigenvalue weighted by molar-refractivity contribution is 0.0242. The van der Waals surface area contributed by atoms with Crippen molar-refractivity contribution in [1.29, 1.82) is 0 Å². The quantitative estimate of drug-likeness (QED) is 0.462. The minimum Gasteiger partial charge on any atom is -0.496 e. The van der Waals surface area contributed by atoms with Crippen LogP contribution in [0.4, 0.5) is 0 Å². The number of hydrogen-bond donors (Lipinski definition) is 2. The molecule has 1 fully saturated rings. The number of carbonyl (C=O) groups is 1. The van der Waals surface area contributed by atoms with E-state index in [9.17, 15) is 4.79 Å². The first-order valence-corrected chi connectivity index (χ1v) is 8.35. The van der Waals surface area contributed by atoms with Crippen molar-refractivity contribution < 1.29 is 19.0 Å². The molecule has 0 amide bonds. The van der Waals surface area contributed by atoms with Crippen molar-refractivity contribution in [3.63, 3.8) is 0 Å². The summed E-state index contributed by atoms with van der Waals surface area (Å²) in [5, 5.41) is 6.53. The van der Waals surface area contributed by atoms with Crippen molar-refractivity contribution in [3.8, 4) is 5.75 Å². The van der Waals surface area contributed by atoms with Gasteiger partial charge < -0.3 is 24.8 Å². The summed E-state index contributed by atoms with van der Waals surface area (Å²) in [7, 11) is 4.60. The molecule has 2 rings (SSSR count). The van der Waals surface area contributed by atoms with Gasteiger partial charge in [-0.25, -0.2) is 4.79 Å². The van der Waals surface area contributed by atoms with E-state index in [0.717, 1.165) is 25.0 Å². The molecule has 0 spiro atoms. The van der Waals surface area contributed by atoms with Crippen LogP contribution in [-0.2, 0) is 16.0 Å². The summed E-state index contributed by atoms with van der Waals surface area (Å²) in [6.45, 7) is 4.13. The van der Waals surface area contributed by atoms with Gasteiger partial charge in [0.15, 0.2) is 5.96 Å². The van der Waals surface area contributed by atoms with E-state index in [-0.39, 0.29) is 5.60 Å². The smallest absolute Gasteiger partial charge is 0.341 e. The average Bonchev–Trinajstić information content (AvgIpc) is 3.07. The van der Waals surface area contributed by atoms with Crippen LogP contribution in [0.1, 0.15) is 35.7 Å². The topological polar surface area (TPSA) is 81.2 Å². The van der Waals surface area contributed by atoms with Gasteiger partial charge in [0.1, 0.15) is 11.3 Å². The number of methoxy groups -OCH3 is 2. The summed E-state index contributed by atoms with van der Waals surface area (Å²) in [4.78, 5) is 16.1. The highest BCUT2D eigenvalue weighted by molar-refractivity contribution is 5.92. The lowest BCUT2D eigenvalue weighted by Crippen LogP contribution is -2.45. The van der Waals surface area contributed by atoms with Gasteiger partial charge in [-0.15, -0.1) is 0 Å². The van der Waals surface area contributed by atoms with Crippen molar-refractivity contribution in [1.82, 2.24) is 10.6 Å². The first-order valence-electron chi connectivity index (χ1n) is 8.35. The lowest BCUT2D eigenvalue weighted by atomic mass is 10.0. The maximum Gasteiger partial charge on any atom is 0.341 e. The minimum atomic E-state index is -0.424. The monoisotopic (exact) mass is 349 g/mol. The second-order valence-electron chi connectivity index (χ2n) is 6.21. The van der Waals surface area contributed by atoms with Crippen LogP contribution in [0.3, 0.4) is 0 Å². The Balaban J connectivity index is 1.95. The van der Waals surface area contributed by atoms with Gasteiger partial charge in [0.05, 0.1) is 19.8 Å². The molecule has 1 aromatic carbocycles. The highest BCUT2D eigenvalue weighted by Crippen LogP contribution is 2.24. The predicted octanol–water partition coefficient (Wildman–Crippen LogP) is 1.72. The third kappa shape index (κ3) is 5.09. The minimum absolute atomic E-state index is 0.143. The number of ether oxygens (including phenoxy) is 3. The fourth-order valence-electron chi connectivity index (χ4n) is 2.79. The highest BCUT2D eigenvalue weighted by atomic mass is 16.5. The van der Waals surface area contributed by atoms with E-state index in [2.05, 4.69) is 22.5 Å². The fraction of sp³-hybridized carbons (Fsp3) is 0.556. The molecule has 138 valence electrons. The molecule has 1 aliphatic rings. The standard InChI is InChI=1S/C18H27N3O4/c1-18(8-5-9-25-18)12-21-17(19-2)20-11-13-6-7-15(23-3)14(10-13)16(22)24-4/h6-7,10H,5,8-9,11-12H2,1-4H3,(H2,19,20,21). The maximum atomic E-state index is 11.9. The SMILES string of the molecule is CN=C(NCc1ccc(OC)c(C(=O)OC)c1)NCC1(C)CCCO1. The molecule has 1 aliphatic heterocycles. The summed E-state index contributed by atoms with van der Waals surface area (Å²) < 4.78 is 15.8. The van der Waals surface area contributed by atoms with Gasteiger partial charge in [-0.3, -0.25) is 4.99 Å². The van der Waals surface area contributed by atoms with Crippen molar-refractivity contribution in [2.45, 2.75) is 31.9 Å². The molecular weight excluding hydrogens is 322 g/mol. The summed E-state index contributed by atoms with van der Waals surface area (Å²) in [5.74, 6) is 0.754. The Bertz CT molecular complexity index is 625. The van der Waals surface area contributed by atoms with Crippen LogP contribution in [0, 0.1) is 0 Å². The number of benzene rings is 1. The molecule has 1 saturated heterocycles. The van der Waals surface area contributed by atoms with Crippen LogP contribution in [0.5, 0.6) is 5.75 Å². The Hall–Kier alpha value is -2.28. The Morgan fingerprint density at radius 3 is 2.76 bits per heavy atom. The number of nitrogens with one attached hydrogen (secondary N) is 2. The number of aliphatic imine (C=N–C) groups is 1. The molecule has 1 aromatic rings. The van der Waals surface area contributed by atoms with E-state index in [1.54, 1.807) is 19.2 Å². The Kier molecular flexibility index (Phi) is 6.64. The van der Waals surface area contributed by atoms with Crippen molar-refractivity contribution in [2.75, 3.05) is 34.4 Å². The zero-order valence-electron chi connectivity index (χ0n) is 15.3. The molecule has 1 unspecified atom stereocenters. The molecule has 0 bridgehead atoms. The summed E-state index contributed by atoms with van der Waals surface area (Å²) in [5.41, 5.74) is 1.18. The van der Waals surface area contributed by atoms with Crippen LogP contribution >= 0.6 is 0 Å². The fourth-order valence-corrected chi connectivity index (χ4v) is 2.79. The van der Waals surface area contributed by atoms with E-state index >= 15 is 0 Å². The number of esters is 1. The van der Waals surface area contributed by atoms with Gasteiger partial charge in [0.2, 0.25) is 0 Å². The van der Waals surface area contributed by atoms with Gasteiger partial charge in [-0.1, -0.05) is 6.07 Å². The molecule has 0 radical (unpaired) electrons. The molecule has 0 aromatic heterocycles. The van der Waals surface area contributed by atoms with Crippen molar-refractivity contribution in [2.24, 2.45) is 4.99 Å². The zero-order chi connectivity index (χ0) is 18.3. The zero-order valence-corrected chi connectivity index (χ0v) is 15.3. The Morgan fingerprint density at radius 2 is 2.16 bits per heavy atom. The van der Waals surface area contributed by atoms with Gasteiger partial charge in [-0.2, -0.15) is 0 Å². The molecule has 0 saturated carbocycles. The van der Waals surface area contributed by atoms with Gasteiger partial charge >= 0.3 is 5.97 Å². The molecule has 0 aliphatic carbocycles. The van der Waals surface area contributed by atoms with Crippen LogP contribution in [-0.4, -0.2) is 51.9 Å². The third-order valence-corrected chi connectivity index (χ3v) is 4.28. The van der Waals surface area contributed by atoms with Gasteiger partial charge in [-0.05, 0) is 37.5 Å². The Labute approximate surface area is 148 Å². The lowest BCUT2D eigenvalue weighted by Gasteiger charge is -2.24. The first-order chi connectivity index (χ1) is 12.0. The number of guanidine groups is 1.